The zero-order valence-electron chi connectivity index (χ0n) is 15.3. The molecule has 1 fully saturated rings. The van der Waals surface area contributed by atoms with Gasteiger partial charge in [-0.05, 0) is 42.0 Å². The Morgan fingerprint density at radius 3 is 2.52 bits per heavy atom. The zero-order valence-corrected chi connectivity index (χ0v) is 16.2. The standard InChI is InChI=1S/C22H18FN3O2S/c23-18-11-4-5-12-19(18)25-22(28)24-16-8-6-7-15(13-16)21-26(20(27)14-29-21)17-9-2-1-3-10-17/h1-13,21H,14H2,(H2,24,25,28). The number of rotatable bonds is 4. The molecule has 3 aromatic carbocycles. The highest BCUT2D eigenvalue weighted by atomic mass is 32.2. The summed E-state index contributed by atoms with van der Waals surface area (Å²) in [6, 6.07) is 22.3. The normalized spacial score (nSPS) is 16.0. The van der Waals surface area contributed by atoms with E-state index in [2.05, 4.69) is 10.6 Å². The number of amides is 3. The van der Waals surface area contributed by atoms with Crippen LogP contribution in [0, 0.1) is 5.82 Å². The van der Waals surface area contributed by atoms with Crippen molar-refractivity contribution in [1.29, 1.82) is 0 Å². The van der Waals surface area contributed by atoms with Gasteiger partial charge in [-0.1, -0.05) is 42.5 Å². The summed E-state index contributed by atoms with van der Waals surface area (Å²) in [5.41, 5.74) is 2.40. The number of hydrogen-bond donors (Lipinski definition) is 2. The Morgan fingerprint density at radius 2 is 1.72 bits per heavy atom. The van der Waals surface area contributed by atoms with Crippen molar-refractivity contribution in [1.82, 2.24) is 0 Å². The molecule has 4 rings (SSSR count). The van der Waals surface area contributed by atoms with Crippen molar-refractivity contribution < 1.29 is 14.0 Å². The molecule has 0 spiro atoms. The number of carbonyl (C=O) groups excluding carboxylic acids is 2. The number of urea groups is 1. The molecule has 0 bridgehead atoms. The summed E-state index contributed by atoms with van der Waals surface area (Å²) in [5, 5.41) is 5.03. The van der Waals surface area contributed by atoms with E-state index in [-0.39, 0.29) is 17.0 Å². The Hall–Kier alpha value is -3.32. The summed E-state index contributed by atoms with van der Waals surface area (Å²) < 4.78 is 13.7. The second kappa shape index (κ2) is 8.36. The summed E-state index contributed by atoms with van der Waals surface area (Å²) in [5.74, 6) is -0.0667. The highest BCUT2D eigenvalue weighted by molar-refractivity contribution is 8.00. The van der Waals surface area contributed by atoms with Crippen LogP contribution in [-0.2, 0) is 4.79 Å². The van der Waals surface area contributed by atoms with Crippen molar-refractivity contribution in [2.24, 2.45) is 0 Å². The van der Waals surface area contributed by atoms with Crippen LogP contribution in [0.15, 0.2) is 78.9 Å². The average Bonchev–Trinajstić information content (AvgIpc) is 3.12. The van der Waals surface area contributed by atoms with E-state index in [4.69, 9.17) is 0 Å². The van der Waals surface area contributed by atoms with Gasteiger partial charge in [0.25, 0.3) is 0 Å². The van der Waals surface area contributed by atoms with Crippen LogP contribution in [-0.4, -0.2) is 17.7 Å². The molecule has 29 heavy (non-hydrogen) atoms. The molecular weight excluding hydrogens is 389 g/mol. The number of nitrogens with one attached hydrogen (secondary N) is 2. The second-order valence-corrected chi connectivity index (χ2v) is 7.52. The van der Waals surface area contributed by atoms with Gasteiger partial charge in [0.05, 0.1) is 11.4 Å². The van der Waals surface area contributed by atoms with E-state index >= 15 is 0 Å². The molecule has 1 unspecified atom stereocenters. The molecule has 1 aliphatic heterocycles. The first-order valence-electron chi connectivity index (χ1n) is 9.03. The van der Waals surface area contributed by atoms with Gasteiger partial charge in [0.15, 0.2) is 0 Å². The van der Waals surface area contributed by atoms with Crippen LogP contribution in [0.1, 0.15) is 10.9 Å². The molecular formula is C22H18FN3O2S. The molecule has 3 aromatic rings. The fourth-order valence-corrected chi connectivity index (χ4v) is 4.32. The number of para-hydroxylation sites is 2. The third-order valence-electron chi connectivity index (χ3n) is 4.45. The molecule has 1 atom stereocenters. The fourth-order valence-electron chi connectivity index (χ4n) is 3.16. The highest BCUT2D eigenvalue weighted by Gasteiger charge is 2.34. The van der Waals surface area contributed by atoms with Gasteiger partial charge in [-0.15, -0.1) is 11.8 Å². The second-order valence-electron chi connectivity index (χ2n) is 6.45. The van der Waals surface area contributed by atoms with Crippen molar-refractivity contribution in [2.75, 3.05) is 21.3 Å². The minimum Gasteiger partial charge on any atom is -0.308 e. The monoisotopic (exact) mass is 407 g/mol. The van der Waals surface area contributed by atoms with Crippen LogP contribution in [0.2, 0.25) is 0 Å². The molecule has 7 heteroatoms. The Labute approximate surface area is 171 Å². The lowest BCUT2D eigenvalue weighted by atomic mass is 10.1. The van der Waals surface area contributed by atoms with Gasteiger partial charge in [-0.3, -0.25) is 9.69 Å². The SMILES string of the molecule is O=C(Nc1cccc(C2SCC(=O)N2c2ccccc2)c1)Nc1ccccc1F. The van der Waals surface area contributed by atoms with E-state index in [1.165, 1.54) is 23.9 Å². The Balaban J connectivity index is 1.52. The maximum atomic E-state index is 13.7. The van der Waals surface area contributed by atoms with E-state index in [1.807, 2.05) is 48.5 Å². The van der Waals surface area contributed by atoms with Gasteiger partial charge in [0.1, 0.15) is 11.2 Å². The molecule has 1 heterocycles. The van der Waals surface area contributed by atoms with Crippen LogP contribution in [0.25, 0.3) is 0 Å². The number of halogens is 1. The lowest BCUT2D eigenvalue weighted by Crippen LogP contribution is -2.27. The van der Waals surface area contributed by atoms with Crippen molar-refractivity contribution in [3.8, 4) is 0 Å². The minimum atomic E-state index is -0.540. The number of carbonyl (C=O) groups is 2. The lowest BCUT2D eigenvalue weighted by molar-refractivity contribution is -0.115. The predicted octanol–water partition coefficient (Wildman–Crippen LogP) is 5.25. The largest absolute Gasteiger partial charge is 0.323 e. The molecule has 1 aliphatic rings. The number of benzene rings is 3. The molecule has 0 radical (unpaired) electrons. The Morgan fingerprint density at radius 1 is 0.966 bits per heavy atom. The van der Waals surface area contributed by atoms with Crippen LogP contribution < -0.4 is 15.5 Å². The van der Waals surface area contributed by atoms with E-state index in [0.29, 0.717) is 11.4 Å². The summed E-state index contributed by atoms with van der Waals surface area (Å²) in [6.45, 7) is 0. The average molecular weight is 407 g/mol. The molecule has 5 nitrogen and oxygen atoms in total. The van der Waals surface area contributed by atoms with E-state index in [1.54, 1.807) is 23.1 Å². The van der Waals surface area contributed by atoms with Gasteiger partial charge in [-0.25, -0.2) is 9.18 Å². The topological polar surface area (TPSA) is 61.4 Å². The first-order valence-corrected chi connectivity index (χ1v) is 10.1. The number of hydrogen-bond acceptors (Lipinski definition) is 3. The van der Waals surface area contributed by atoms with Crippen molar-refractivity contribution >= 4 is 40.8 Å². The van der Waals surface area contributed by atoms with Gasteiger partial charge in [-0.2, -0.15) is 0 Å². The van der Waals surface area contributed by atoms with Gasteiger partial charge < -0.3 is 10.6 Å². The van der Waals surface area contributed by atoms with Crippen LogP contribution in [0.4, 0.5) is 26.2 Å². The number of anilines is 3. The summed E-state index contributed by atoms with van der Waals surface area (Å²) >= 11 is 1.54. The van der Waals surface area contributed by atoms with E-state index in [0.717, 1.165) is 11.3 Å². The Bertz CT molecular complexity index is 1040. The van der Waals surface area contributed by atoms with E-state index in [9.17, 15) is 14.0 Å². The first kappa shape index (κ1) is 19.0. The Kier molecular flexibility index (Phi) is 5.48. The third-order valence-corrected chi connectivity index (χ3v) is 5.67. The molecule has 0 aliphatic carbocycles. The van der Waals surface area contributed by atoms with Gasteiger partial charge >= 0.3 is 6.03 Å². The van der Waals surface area contributed by atoms with Crippen LogP contribution in [0.3, 0.4) is 0 Å². The maximum Gasteiger partial charge on any atom is 0.323 e. The predicted molar refractivity (Wildman–Crippen MR) is 115 cm³/mol. The van der Waals surface area contributed by atoms with Crippen LogP contribution >= 0.6 is 11.8 Å². The first-order chi connectivity index (χ1) is 14.1. The van der Waals surface area contributed by atoms with Gasteiger partial charge in [0, 0.05) is 11.4 Å². The van der Waals surface area contributed by atoms with E-state index < -0.39 is 11.8 Å². The number of thioether (sulfide) groups is 1. The van der Waals surface area contributed by atoms with Crippen molar-refractivity contribution in [3.05, 3.63) is 90.2 Å². The van der Waals surface area contributed by atoms with Gasteiger partial charge in [0.2, 0.25) is 5.91 Å². The maximum absolute atomic E-state index is 13.7. The smallest absolute Gasteiger partial charge is 0.308 e. The summed E-state index contributed by atoms with van der Waals surface area (Å²) in [6.07, 6.45) is 0. The molecule has 146 valence electrons. The lowest BCUT2D eigenvalue weighted by Gasteiger charge is -2.24. The number of nitrogens with zero attached hydrogens (tertiary/aromatic N) is 1. The molecule has 3 amide bonds. The summed E-state index contributed by atoms with van der Waals surface area (Å²) in [4.78, 5) is 26.5. The molecule has 0 saturated carbocycles. The highest BCUT2D eigenvalue weighted by Crippen LogP contribution is 2.42. The fraction of sp³-hybridized carbons (Fsp3) is 0.0909. The quantitative estimate of drug-likeness (QED) is 0.621. The van der Waals surface area contributed by atoms with Crippen molar-refractivity contribution in [3.63, 3.8) is 0 Å². The molecule has 0 aromatic heterocycles. The van der Waals surface area contributed by atoms with Crippen LogP contribution in [0.5, 0.6) is 0 Å². The molecule has 2 N–H and O–H groups in total. The van der Waals surface area contributed by atoms with Crippen molar-refractivity contribution in [2.45, 2.75) is 5.37 Å². The zero-order chi connectivity index (χ0) is 20.2. The summed E-state index contributed by atoms with van der Waals surface area (Å²) in [7, 11) is 0. The third kappa shape index (κ3) is 4.25. The minimum absolute atomic E-state index is 0.0434. The molecule has 1 saturated heterocycles.